The summed E-state index contributed by atoms with van der Waals surface area (Å²) in [5.41, 5.74) is -0.844. The lowest BCUT2D eigenvalue weighted by Crippen LogP contribution is -2.73. The molecule has 9 heteroatoms. The normalized spacial score (nSPS) is 21.2. The zero-order valence-electron chi connectivity index (χ0n) is 27.6. The second-order valence-corrected chi connectivity index (χ2v) is 12.8. The lowest BCUT2D eigenvalue weighted by molar-refractivity contribution is -0.124. The number of hydrogen-bond donors (Lipinski definition) is 2. The van der Waals surface area contributed by atoms with Crippen molar-refractivity contribution in [1.82, 2.24) is 10.2 Å². The van der Waals surface area contributed by atoms with E-state index in [1.807, 2.05) is 34.6 Å². The van der Waals surface area contributed by atoms with E-state index in [0.29, 0.717) is 43.5 Å². The maximum atomic E-state index is 14.3. The quantitative estimate of drug-likeness (QED) is 0.136. The predicted octanol–water partition coefficient (Wildman–Crippen LogP) is 7.67. The number of benzene rings is 2. The third kappa shape index (κ3) is 10.4. The van der Waals surface area contributed by atoms with Gasteiger partial charge in [0.15, 0.2) is 0 Å². The van der Waals surface area contributed by atoms with Gasteiger partial charge in [0.25, 0.3) is 5.91 Å². The Morgan fingerprint density at radius 3 is 2.09 bits per heavy atom. The molecule has 1 saturated heterocycles. The average Bonchev–Trinajstić information content (AvgIpc) is 2.92. The molecule has 0 spiro atoms. The molecule has 0 unspecified atom stereocenters. The Morgan fingerprint density at radius 1 is 1.04 bits per heavy atom. The molecule has 0 atom stereocenters. The lowest BCUT2D eigenvalue weighted by atomic mass is 9.69. The minimum atomic E-state index is -0.733. The number of hydrogen-bond acceptors (Lipinski definition) is 4. The van der Waals surface area contributed by atoms with E-state index in [1.165, 1.54) is 31.2 Å². The van der Waals surface area contributed by atoms with Crippen molar-refractivity contribution in [2.45, 2.75) is 103 Å². The van der Waals surface area contributed by atoms with Crippen LogP contribution in [0.15, 0.2) is 54.6 Å². The first kappa shape index (κ1) is 37.9. The number of aliphatic hydroxyl groups is 1. The number of nitrogens with zero attached hydrogens (tertiary/aromatic N) is 1. The number of nitrogens with one attached hydrogen (secondary N) is 1. The van der Waals surface area contributed by atoms with Gasteiger partial charge >= 0.3 is 0 Å². The molecule has 248 valence electrons. The van der Waals surface area contributed by atoms with Crippen molar-refractivity contribution in [2.75, 3.05) is 13.1 Å². The summed E-state index contributed by atoms with van der Waals surface area (Å²) in [7, 11) is 0. The Hall–Kier alpha value is -3.30. The van der Waals surface area contributed by atoms with E-state index in [9.17, 15) is 27.5 Å². The number of halogens is 4. The Bertz CT molecular complexity index is 1350. The van der Waals surface area contributed by atoms with E-state index in [1.54, 1.807) is 6.92 Å². The molecule has 1 saturated carbocycles. The van der Waals surface area contributed by atoms with Gasteiger partial charge in [-0.1, -0.05) is 34.3 Å². The standard InChI is InChI=1S/C32H38F4N2O2.C2H4O.C2H6/c1-20(27-7-6-23(33)16-28(27)36)12-21(2)29(39)37-32(17-30(3,4)22-13-24(34)15-25(35)14-22)18-38(19-32)26-8-10-31(5,40)11-9-26;1-2-3;1-2/h6-7,12-16,26,40H,2,8-11,17-19H2,1,3-5H3,(H,37,39);2H,1H3;1-2H3/b20-12+;;. The SMILES string of the molecule is C=C(/C=C(\C)c1ccc(F)cc1F)C(=O)NC1(CC(C)(C)c2cc(F)cc(F)c2)CN(C2CCC(C)(O)CC2)C1.CC.CC=O. The summed E-state index contributed by atoms with van der Waals surface area (Å²) in [6, 6.07) is 7.00. The summed E-state index contributed by atoms with van der Waals surface area (Å²) in [5.74, 6) is -3.18. The topological polar surface area (TPSA) is 69.6 Å². The highest BCUT2D eigenvalue weighted by atomic mass is 19.1. The Morgan fingerprint density at radius 2 is 1.58 bits per heavy atom. The summed E-state index contributed by atoms with van der Waals surface area (Å²) in [6.45, 7) is 17.7. The molecule has 2 N–H and O–H groups in total. The molecule has 4 rings (SSSR count). The highest BCUT2D eigenvalue weighted by Gasteiger charge is 2.50. The molecule has 0 aromatic heterocycles. The first-order valence-electron chi connectivity index (χ1n) is 15.5. The molecular formula is C36H48F4N2O3. The second-order valence-electron chi connectivity index (χ2n) is 12.8. The molecule has 2 aromatic rings. The number of aldehydes is 1. The van der Waals surface area contributed by atoms with Crippen LogP contribution in [0.2, 0.25) is 0 Å². The van der Waals surface area contributed by atoms with Gasteiger partial charge in [-0.25, -0.2) is 17.6 Å². The van der Waals surface area contributed by atoms with E-state index in [2.05, 4.69) is 16.8 Å². The fourth-order valence-electron chi connectivity index (χ4n) is 6.24. The summed E-state index contributed by atoms with van der Waals surface area (Å²) in [4.78, 5) is 24.5. The summed E-state index contributed by atoms with van der Waals surface area (Å²) in [6.07, 6.45) is 5.70. The fourth-order valence-corrected chi connectivity index (χ4v) is 6.24. The van der Waals surface area contributed by atoms with Crippen LogP contribution < -0.4 is 5.32 Å². The maximum Gasteiger partial charge on any atom is 0.251 e. The van der Waals surface area contributed by atoms with E-state index < -0.39 is 45.7 Å². The van der Waals surface area contributed by atoms with Crippen LogP contribution in [-0.4, -0.2) is 52.5 Å². The Labute approximate surface area is 265 Å². The van der Waals surface area contributed by atoms with Gasteiger partial charge in [-0.3, -0.25) is 9.69 Å². The zero-order chi connectivity index (χ0) is 34.2. The van der Waals surface area contributed by atoms with Crippen LogP contribution in [0.3, 0.4) is 0 Å². The number of rotatable bonds is 8. The number of carbonyl (C=O) groups is 2. The smallest absolute Gasteiger partial charge is 0.251 e. The van der Waals surface area contributed by atoms with Crippen molar-refractivity contribution in [3.05, 3.63) is 89.0 Å². The first-order valence-corrected chi connectivity index (χ1v) is 15.5. The van der Waals surface area contributed by atoms with Gasteiger partial charge in [0.2, 0.25) is 0 Å². The molecule has 2 aliphatic rings. The molecule has 45 heavy (non-hydrogen) atoms. The maximum absolute atomic E-state index is 14.3. The van der Waals surface area contributed by atoms with Gasteiger partial charge in [-0.15, -0.1) is 0 Å². The van der Waals surface area contributed by atoms with E-state index >= 15 is 0 Å². The van der Waals surface area contributed by atoms with E-state index in [4.69, 9.17) is 4.79 Å². The van der Waals surface area contributed by atoms with Crippen molar-refractivity contribution in [3.63, 3.8) is 0 Å². The number of likely N-dealkylation sites (tertiary alicyclic amines) is 1. The molecule has 1 heterocycles. The average molecular weight is 633 g/mol. The summed E-state index contributed by atoms with van der Waals surface area (Å²) >= 11 is 0. The number of allylic oxidation sites excluding steroid dienone is 1. The zero-order valence-corrected chi connectivity index (χ0v) is 27.6. The van der Waals surface area contributed by atoms with Crippen LogP contribution >= 0.6 is 0 Å². The van der Waals surface area contributed by atoms with Gasteiger partial charge in [-0.05, 0) is 99.8 Å². The van der Waals surface area contributed by atoms with Crippen molar-refractivity contribution in [2.24, 2.45) is 0 Å². The monoisotopic (exact) mass is 632 g/mol. The van der Waals surface area contributed by atoms with Crippen molar-refractivity contribution >= 4 is 17.8 Å². The first-order chi connectivity index (χ1) is 21.0. The van der Waals surface area contributed by atoms with Crippen LogP contribution in [0.25, 0.3) is 5.57 Å². The Kier molecular flexibility index (Phi) is 13.3. The van der Waals surface area contributed by atoms with Crippen LogP contribution in [0, 0.1) is 23.3 Å². The van der Waals surface area contributed by atoms with Crippen LogP contribution in [-0.2, 0) is 15.0 Å². The lowest BCUT2D eigenvalue weighted by Gasteiger charge is -2.57. The highest BCUT2D eigenvalue weighted by Crippen LogP contribution is 2.41. The van der Waals surface area contributed by atoms with Gasteiger partial charge in [0, 0.05) is 42.4 Å². The molecule has 2 fully saturated rings. The van der Waals surface area contributed by atoms with Crippen LogP contribution in [0.1, 0.15) is 91.7 Å². The summed E-state index contributed by atoms with van der Waals surface area (Å²) in [5, 5.41) is 13.5. The minimum Gasteiger partial charge on any atom is -0.390 e. The molecule has 1 amide bonds. The molecule has 0 bridgehead atoms. The number of carbonyl (C=O) groups excluding carboxylic acids is 2. The van der Waals surface area contributed by atoms with E-state index in [0.717, 1.165) is 37.3 Å². The van der Waals surface area contributed by atoms with E-state index in [-0.39, 0.29) is 17.2 Å². The third-order valence-corrected chi connectivity index (χ3v) is 8.40. The molecule has 5 nitrogen and oxygen atoms in total. The molecule has 0 radical (unpaired) electrons. The van der Waals surface area contributed by atoms with Crippen LogP contribution in [0.4, 0.5) is 17.6 Å². The van der Waals surface area contributed by atoms with Crippen molar-refractivity contribution in [3.8, 4) is 0 Å². The second kappa shape index (κ2) is 15.8. The molecule has 1 aliphatic heterocycles. The highest BCUT2D eigenvalue weighted by molar-refractivity contribution is 5.98. The number of amides is 1. The van der Waals surface area contributed by atoms with Crippen LogP contribution in [0.5, 0.6) is 0 Å². The van der Waals surface area contributed by atoms with Gasteiger partial charge in [0.05, 0.1) is 11.1 Å². The van der Waals surface area contributed by atoms with Crippen molar-refractivity contribution < 1.29 is 32.3 Å². The predicted molar refractivity (Wildman–Crippen MR) is 172 cm³/mol. The third-order valence-electron chi connectivity index (χ3n) is 8.40. The summed E-state index contributed by atoms with van der Waals surface area (Å²) < 4.78 is 55.8. The molecule has 1 aliphatic carbocycles. The fraction of sp³-hybridized carbons (Fsp3) is 0.500. The van der Waals surface area contributed by atoms with Gasteiger partial charge in [-0.2, -0.15) is 0 Å². The Balaban J connectivity index is 0.00000133. The van der Waals surface area contributed by atoms with Gasteiger partial charge in [0.1, 0.15) is 29.6 Å². The van der Waals surface area contributed by atoms with Crippen molar-refractivity contribution in [1.29, 1.82) is 0 Å². The van der Waals surface area contributed by atoms with Gasteiger partial charge < -0.3 is 15.2 Å². The molecular weight excluding hydrogens is 584 g/mol. The minimum absolute atomic E-state index is 0.113. The largest absolute Gasteiger partial charge is 0.390 e. The molecule has 2 aromatic carbocycles.